The number of carbonyl (C=O) groups is 2. The third-order valence-electron chi connectivity index (χ3n) is 3.73. The minimum Gasteiger partial charge on any atom is -0.508 e. The third kappa shape index (κ3) is 2.70. The van der Waals surface area contributed by atoms with E-state index in [2.05, 4.69) is 0 Å². The number of likely N-dealkylation sites (tertiary alicyclic amines) is 1. The molecule has 1 aliphatic heterocycles. The fourth-order valence-corrected chi connectivity index (χ4v) is 2.55. The predicted octanol–water partition coefficient (Wildman–Crippen LogP) is 1.26. The average Bonchev–Trinajstić information content (AvgIpc) is 2.74. The van der Waals surface area contributed by atoms with Crippen LogP contribution >= 0.6 is 0 Å². The Kier molecular flexibility index (Phi) is 3.74. The number of aliphatic carboxylic acids is 1. The van der Waals surface area contributed by atoms with Crippen molar-refractivity contribution in [1.29, 1.82) is 0 Å². The molecule has 0 radical (unpaired) electrons. The molecule has 2 unspecified atom stereocenters. The Balaban J connectivity index is 2.06. The summed E-state index contributed by atoms with van der Waals surface area (Å²) in [6.45, 7) is 2.22. The minimum atomic E-state index is -0.856. The van der Waals surface area contributed by atoms with Crippen LogP contribution in [0.15, 0.2) is 24.3 Å². The van der Waals surface area contributed by atoms with Crippen LogP contribution in [0.1, 0.15) is 18.9 Å². The summed E-state index contributed by atoms with van der Waals surface area (Å²) in [4.78, 5) is 24.8. The molecule has 0 aromatic heterocycles. The lowest BCUT2D eigenvalue weighted by molar-refractivity contribution is -0.143. The molecule has 0 bridgehead atoms. The lowest BCUT2D eigenvalue weighted by Crippen LogP contribution is -2.38. The van der Waals surface area contributed by atoms with Crippen LogP contribution in [0.4, 0.5) is 0 Å². The first kappa shape index (κ1) is 13.4. The number of carbonyl (C=O) groups excluding carboxylic acids is 1. The van der Waals surface area contributed by atoms with Crippen LogP contribution in [0.3, 0.4) is 0 Å². The van der Waals surface area contributed by atoms with Crippen molar-refractivity contribution >= 4 is 11.9 Å². The summed E-state index contributed by atoms with van der Waals surface area (Å²) in [5.74, 6) is -1.39. The first-order valence-electron chi connectivity index (χ1n) is 6.30. The van der Waals surface area contributed by atoms with Gasteiger partial charge in [-0.15, -0.1) is 0 Å². The van der Waals surface area contributed by atoms with E-state index in [1.165, 1.54) is 6.07 Å². The van der Waals surface area contributed by atoms with Crippen molar-refractivity contribution in [2.45, 2.75) is 25.8 Å². The number of benzene rings is 1. The molecule has 0 spiro atoms. The molecule has 1 fully saturated rings. The first-order chi connectivity index (χ1) is 9.00. The number of phenolic OH excluding ortho intramolecular Hbond substituents is 1. The summed E-state index contributed by atoms with van der Waals surface area (Å²) in [7, 11) is 0. The number of aromatic hydroxyl groups is 1. The smallest absolute Gasteiger partial charge is 0.308 e. The zero-order chi connectivity index (χ0) is 14.0. The Morgan fingerprint density at radius 2 is 2.05 bits per heavy atom. The Morgan fingerprint density at radius 1 is 1.37 bits per heavy atom. The van der Waals surface area contributed by atoms with E-state index in [9.17, 15) is 14.7 Å². The Hall–Kier alpha value is -2.04. The number of amides is 1. The number of phenols is 1. The summed E-state index contributed by atoms with van der Waals surface area (Å²) in [6, 6.07) is 6.40. The normalized spacial score (nSPS) is 22.5. The molecule has 2 atom stereocenters. The van der Waals surface area contributed by atoms with Crippen LogP contribution in [-0.2, 0) is 16.0 Å². The minimum absolute atomic E-state index is 0.0949. The average molecular weight is 263 g/mol. The third-order valence-corrected chi connectivity index (χ3v) is 3.73. The van der Waals surface area contributed by atoms with Gasteiger partial charge in [-0.2, -0.15) is 0 Å². The molecule has 5 nitrogen and oxygen atoms in total. The van der Waals surface area contributed by atoms with Crippen LogP contribution in [0, 0.1) is 5.92 Å². The zero-order valence-corrected chi connectivity index (χ0v) is 10.7. The van der Waals surface area contributed by atoms with Crippen molar-refractivity contribution in [3.63, 3.8) is 0 Å². The molecule has 1 saturated heterocycles. The van der Waals surface area contributed by atoms with E-state index in [0.717, 1.165) is 0 Å². The molecule has 0 saturated carbocycles. The number of rotatable bonds is 3. The van der Waals surface area contributed by atoms with Gasteiger partial charge in [-0.3, -0.25) is 9.59 Å². The number of nitrogens with zero attached hydrogens (tertiary/aromatic N) is 1. The molecule has 1 aromatic rings. The van der Waals surface area contributed by atoms with Gasteiger partial charge in [-0.25, -0.2) is 0 Å². The summed E-state index contributed by atoms with van der Waals surface area (Å²) < 4.78 is 0. The van der Waals surface area contributed by atoms with Crippen LogP contribution in [0.2, 0.25) is 0 Å². The standard InChI is InChI=1S/C14H17NO4/c1-9-11(14(18)19)6-7-15(9)13(17)8-10-4-2-3-5-12(10)16/h2-5,9,11,16H,6-8H2,1H3,(H,18,19). The summed E-state index contributed by atoms with van der Waals surface area (Å²) >= 11 is 0. The molecule has 1 amide bonds. The van der Waals surface area contributed by atoms with Crippen LogP contribution in [0.5, 0.6) is 5.75 Å². The zero-order valence-electron chi connectivity index (χ0n) is 10.7. The largest absolute Gasteiger partial charge is 0.508 e. The number of carboxylic acids is 1. The van der Waals surface area contributed by atoms with E-state index in [0.29, 0.717) is 18.5 Å². The van der Waals surface area contributed by atoms with Gasteiger partial charge in [-0.05, 0) is 19.4 Å². The van der Waals surface area contributed by atoms with E-state index in [1.807, 2.05) is 0 Å². The van der Waals surface area contributed by atoms with Crippen molar-refractivity contribution in [1.82, 2.24) is 4.90 Å². The maximum absolute atomic E-state index is 12.2. The van der Waals surface area contributed by atoms with Gasteiger partial charge in [-0.1, -0.05) is 18.2 Å². The Labute approximate surface area is 111 Å². The SMILES string of the molecule is CC1C(C(=O)O)CCN1C(=O)Cc1ccccc1O. The lowest BCUT2D eigenvalue weighted by atomic mass is 10.0. The van der Waals surface area contributed by atoms with Gasteiger partial charge in [0.2, 0.25) is 5.91 Å². The fraction of sp³-hybridized carbons (Fsp3) is 0.429. The van der Waals surface area contributed by atoms with Crippen LogP contribution in [0.25, 0.3) is 0 Å². The van der Waals surface area contributed by atoms with E-state index in [4.69, 9.17) is 5.11 Å². The topological polar surface area (TPSA) is 77.8 Å². The van der Waals surface area contributed by atoms with E-state index >= 15 is 0 Å². The molecule has 0 aliphatic carbocycles. The molecule has 1 aromatic carbocycles. The number of hydrogen-bond donors (Lipinski definition) is 2. The Bertz CT molecular complexity index is 500. The molecular formula is C14H17NO4. The molecule has 102 valence electrons. The van der Waals surface area contributed by atoms with E-state index in [1.54, 1.807) is 30.0 Å². The highest BCUT2D eigenvalue weighted by molar-refractivity contribution is 5.81. The van der Waals surface area contributed by atoms with Gasteiger partial charge in [0.15, 0.2) is 0 Å². The second-order valence-corrected chi connectivity index (χ2v) is 4.87. The lowest BCUT2D eigenvalue weighted by Gasteiger charge is -2.23. The highest BCUT2D eigenvalue weighted by Gasteiger charge is 2.37. The molecule has 1 heterocycles. The van der Waals surface area contributed by atoms with E-state index < -0.39 is 11.9 Å². The first-order valence-corrected chi connectivity index (χ1v) is 6.30. The summed E-state index contributed by atoms with van der Waals surface area (Å²) in [5, 5.41) is 18.7. The highest BCUT2D eigenvalue weighted by atomic mass is 16.4. The maximum Gasteiger partial charge on any atom is 0.308 e. The van der Waals surface area contributed by atoms with Gasteiger partial charge in [0, 0.05) is 18.2 Å². The second-order valence-electron chi connectivity index (χ2n) is 4.87. The van der Waals surface area contributed by atoms with Gasteiger partial charge in [0.05, 0.1) is 12.3 Å². The summed E-state index contributed by atoms with van der Waals surface area (Å²) in [6.07, 6.45) is 0.590. The van der Waals surface area contributed by atoms with E-state index in [-0.39, 0.29) is 24.1 Å². The van der Waals surface area contributed by atoms with Gasteiger partial charge >= 0.3 is 5.97 Å². The van der Waals surface area contributed by atoms with Crippen molar-refractivity contribution in [2.75, 3.05) is 6.54 Å². The monoisotopic (exact) mass is 263 g/mol. The second kappa shape index (κ2) is 5.30. The van der Waals surface area contributed by atoms with Gasteiger partial charge in [0.25, 0.3) is 0 Å². The number of hydrogen-bond acceptors (Lipinski definition) is 3. The molecular weight excluding hydrogens is 246 g/mol. The summed E-state index contributed by atoms with van der Waals surface area (Å²) in [5.41, 5.74) is 0.568. The van der Waals surface area contributed by atoms with Crippen molar-refractivity contribution < 1.29 is 19.8 Å². The Morgan fingerprint density at radius 3 is 2.63 bits per heavy atom. The predicted molar refractivity (Wildman–Crippen MR) is 68.7 cm³/mol. The van der Waals surface area contributed by atoms with Crippen molar-refractivity contribution in [3.05, 3.63) is 29.8 Å². The van der Waals surface area contributed by atoms with Gasteiger partial charge in [0.1, 0.15) is 5.75 Å². The number of carboxylic acid groups (broad SMARTS) is 1. The van der Waals surface area contributed by atoms with Crippen LogP contribution < -0.4 is 0 Å². The highest BCUT2D eigenvalue weighted by Crippen LogP contribution is 2.26. The van der Waals surface area contributed by atoms with Gasteiger partial charge < -0.3 is 15.1 Å². The van der Waals surface area contributed by atoms with Crippen molar-refractivity contribution in [3.8, 4) is 5.75 Å². The molecule has 2 N–H and O–H groups in total. The molecule has 2 rings (SSSR count). The number of para-hydroxylation sites is 1. The maximum atomic E-state index is 12.2. The van der Waals surface area contributed by atoms with Crippen molar-refractivity contribution in [2.24, 2.45) is 5.92 Å². The quantitative estimate of drug-likeness (QED) is 0.860. The molecule has 1 aliphatic rings. The molecule has 5 heteroatoms. The fourth-order valence-electron chi connectivity index (χ4n) is 2.55. The van der Waals surface area contributed by atoms with Crippen LogP contribution in [-0.4, -0.2) is 39.6 Å². The molecule has 19 heavy (non-hydrogen) atoms.